The molecule has 0 bridgehead atoms. The smallest absolute Gasteiger partial charge is 0.353 e. The van der Waals surface area contributed by atoms with Gasteiger partial charge in [0.25, 0.3) is 11.8 Å². The molecule has 0 spiro atoms. The van der Waals surface area contributed by atoms with Crippen molar-refractivity contribution in [1.29, 1.82) is 0 Å². The van der Waals surface area contributed by atoms with E-state index in [4.69, 9.17) is 11.5 Å². The third-order valence-electron chi connectivity index (χ3n) is 5.03. The van der Waals surface area contributed by atoms with Gasteiger partial charge in [-0.05, 0) is 6.92 Å². The number of nitrogens with two attached hydrogens (primary N) is 2. The average Bonchev–Trinajstić information content (AvgIpc) is 3.35. The van der Waals surface area contributed by atoms with Crippen LogP contribution in [-0.4, -0.2) is 71.6 Å². The topological polar surface area (TPSA) is 197 Å². The first-order valence-corrected chi connectivity index (χ1v) is 13.4. The number of oxime groups is 1. The number of β-lactam (4-membered cyclic amide) rings is 1. The summed E-state index contributed by atoms with van der Waals surface area (Å²) in [6.07, 6.45) is 0.617. The molecule has 0 unspecified atom stereocenters. The molecule has 1 saturated heterocycles. The van der Waals surface area contributed by atoms with Crippen LogP contribution in [0.4, 0.5) is 10.3 Å². The Hall–Kier alpha value is -2.82. The molecule has 2 aliphatic heterocycles. The third-order valence-corrected chi connectivity index (χ3v) is 9.10. The van der Waals surface area contributed by atoms with E-state index in [1.807, 2.05) is 6.92 Å². The van der Waals surface area contributed by atoms with Crippen molar-refractivity contribution >= 4 is 80.0 Å². The van der Waals surface area contributed by atoms with Gasteiger partial charge in [-0.25, -0.2) is 14.8 Å². The monoisotopic (exact) mass is 541 g/mol. The maximum atomic E-state index is 12.8. The number of aryl methyl sites for hydroxylation is 2. The summed E-state index contributed by atoms with van der Waals surface area (Å²) in [5.41, 5.74) is 11.8. The Morgan fingerprint density at radius 1 is 1.35 bits per heavy atom. The zero-order chi connectivity index (χ0) is 24.6. The van der Waals surface area contributed by atoms with Gasteiger partial charge < -0.3 is 27.1 Å². The maximum absolute atomic E-state index is 12.8. The Morgan fingerprint density at radius 3 is 2.71 bits per heavy atom. The SMILES string of the molecule is Cc1sc(N)nc1CCSC1=C(C(=O)O)N2C(=O)[C@@H](NC(=O)/C(=N\O)c3csc(N)n3)[C@H]2SC1. The van der Waals surface area contributed by atoms with Crippen molar-refractivity contribution in [3.63, 3.8) is 0 Å². The highest BCUT2D eigenvalue weighted by Gasteiger charge is 2.54. The first-order chi connectivity index (χ1) is 16.2. The summed E-state index contributed by atoms with van der Waals surface area (Å²) in [6.45, 7) is 1.93. The zero-order valence-electron chi connectivity index (χ0n) is 17.5. The maximum Gasteiger partial charge on any atom is 0.353 e. The van der Waals surface area contributed by atoms with Crippen molar-refractivity contribution in [2.75, 3.05) is 23.0 Å². The average molecular weight is 542 g/mol. The summed E-state index contributed by atoms with van der Waals surface area (Å²) >= 11 is 5.18. The van der Waals surface area contributed by atoms with Crippen molar-refractivity contribution in [2.24, 2.45) is 5.16 Å². The fourth-order valence-corrected chi connectivity index (χ4v) is 7.35. The van der Waals surface area contributed by atoms with Gasteiger partial charge in [0.2, 0.25) is 0 Å². The fourth-order valence-electron chi connectivity index (χ4n) is 3.47. The molecule has 0 saturated carbocycles. The van der Waals surface area contributed by atoms with E-state index >= 15 is 0 Å². The van der Waals surface area contributed by atoms with E-state index in [9.17, 15) is 24.7 Å². The number of carbonyl (C=O) groups excluding carboxylic acids is 2. The number of fused-ring (bicyclic) bond motifs is 1. The minimum absolute atomic E-state index is 0.0735. The van der Waals surface area contributed by atoms with Crippen LogP contribution in [0.15, 0.2) is 21.1 Å². The summed E-state index contributed by atoms with van der Waals surface area (Å²) < 4.78 is 0. The van der Waals surface area contributed by atoms with Crippen LogP contribution in [0.3, 0.4) is 0 Å². The standard InChI is InChI=1S/C18H19N7O5S4/c1-6-7(21-18(20)34-6)2-3-31-9-5-32-15-11(14(27)25(15)12(9)16(28)29)23-13(26)10(24-30)8-4-33-17(19)22-8/h4,11,15,30H,2-3,5H2,1H3,(H2,19,22)(H2,20,21)(H,23,26)(H,28,29)/b24-10-/t11-,15-/m1/s1. The van der Waals surface area contributed by atoms with Crippen molar-refractivity contribution in [1.82, 2.24) is 20.2 Å². The predicted molar refractivity (Wildman–Crippen MR) is 132 cm³/mol. The highest BCUT2D eigenvalue weighted by molar-refractivity contribution is 8.06. The summed E-state index contributed by atoms with van der Waals surface area (Å²) in [5, 5.41) is 26.1. The molecule has 1 fully saturated rings. The Balaban J connectivity index is 1.44. The highest BCUT2D eigenvalue weighted by Crippen LogP contribution is 2.43. The fraction of sp³-hybridized carbons (Fsp3) is 0.333. The molecule has 7 N–H and O–H groups in total. The summed E-state index contributed by atoms with van der Waals surface area (Å²) in [6, 6.07) is -0.966. The zero-order valence-corrected chi connectivity index (χ0v) is 20.8. The molecule has 0 aromatic carbocycles. The lowest BCUT2D eigenvalue weighted by atomic mass is 10.0. The molecule has 16 heteroatoms. The van der Waals surface area contributed by atoms with Gasteiger partial charge in [0.15, 0.2) is 16.0 Å². The Morgan fingerprint density at radius 2 is 2.12 bits per heavy atom. The minimum atomic E-state index is -1.21. The molecular weight excluding hydrogens is 523 g/mol. The predicted octanol–water partition coefficient (Wildman–Crippen LogP) is 0.923. The number of carboxylic acid groups (broad SMARTS) is 1. The number of hydrogen-bond donors (Lipinski definition) is 5. The number of nitrogen functional groups attached to an aromatic ring is 2. The van der Waals surface area contributed by atoms with E-state index in [1.54, 1.807) is 0 Å². The van der Waals surface area contributed by atoms with Crippen molar-refractivity contribution in [3.8, 4) is 0 Å². The summed E-state index contributed by atoms with van der Waals surface area (Å²) in [4.78, 5) is 48.4. The largest absolute Gasteiger partial charge is 0.477 e. The molecule has 2 aliphatic rings. The number of nitrogens with one attached hydrogen (secondary N) is 1. The first kappa shape index (κ1) is 24.3. The molecule has 0 aliphatic carbocycles. The number of aromatic nitrogens is 2. The molecule has 4 heterocycles. The lowest BCUT2D eigenvalue weighted by Crippen LogP contribution is -2.71. The van der Waals surface area contributed by atoms with E-state index in [1.165, 1.54) is 45.1 Å². The Bertz CT molecular complexity index is 1220. The number of rotatable bonds is 8. The van der Waals surface area contributed by atoms with Crippen LogP contribution < -0.4 is 16.8 Å². The number of nitrogens with zero attached hydrogens (tertiary/aromatic N) is 4. The van der Waals surface area contributed by atoms with Gasteiger partial charge in [-0.2, -0.15) is 0 Å². The molecule has 0 radical (unpaired) electrons. The van der Waals surface area contributed by atoms with Gasteiger partial charge >= 0.3 is 5.97 Å². The Kier molecular flexibility index (Phi) is 7.01. The van der Waals surface area contributed by atoms with Crippen LogP contribution in [0, 0.1) is 6.92 Å². The molecular formula is C18H19N7O5S4. The number of aliphatic carboxylic acids is 1. The van der Waals surface area contributed by atoms with Gasteiger partial charge in [0, 0.05) is 33.1 Å². The Labute approximate surface area is 209 Å². The number of carboxylic acids is 1. The lowest BCUT2D eigenvalue weighted by Gasteiger charge is -2.49. The van der Waals surface area contributed by atoms with Crippen LogP contribution in [0.5, 0.6) is 0 Å². The summed E-state index contributed by atoms with van der Waals surface area (Å²) in [5.74, 6) is -1.63. The van der Waals surface area contributed by atoms with Crippen LogP contribution in [0.1, 0.15) is 16.3 Å². The van der Waals surface area contributed by atoms with Gasteiger partial charge in [-0.3, -0.25) is 14.5 Å². The van der Waals surface area contributed by atoms with Crippen molar-refractivity contribution in [3.05, 3.63) is 32.2 Å². The normalized spacial score (nSPS) is 20.2. The van der Waals surface area contributed by atoms with Crippen LogP contribution >= 0.6 is 46.2 Å². The van der Waals surface area contributed by atoms with E-state index < -0.39 is 29.2 Å². The van der Waals surface area contributed by atoms with E-state index in [2.05, 4.69) is 20.4 Å². The van der Waals surface area contributed by atoms with Crippen molar-refractivity contribution in [2.45, 2.75) is 24.8 Å². The molecule has 34 heavy (non-hydrogen) atoms. The van der Waals surface area contributed by atoms with Crippen LogP contribution in [0.25, 0.3) is 0 Å². The van der Waals surface area contributed by atoms with E-state index in [0.717, 1.165) is 21.9 Å². The minimum Gasteiger partial charge on any atom is -0.477 e. The first-order valence-electron chi connectivity index (χ1n) is 9.71. The number of carbonyl (C=O) groups is 3. The number of thiazole rings is 2. The second kappa shape index (κ2) is 9.81. The van der Waals surface area contributed by atoms with E-state index in [-0.39, 0.29) is 22.2 Å². The molecule has 2 atom stereocenters. The second-order valence-electron chi connectivity index (χ2n) is 7.11. The molecule has 2 aromatic heterocycles. The quantitative estimate of drug-likeness (QED) is 0.138. The van der Waals surface area contributed by atoms with Gasteiger partial charge in [-0.1, -0.05) is 5.16 Å². The molecule has 4 rings (SSSR count). The van der Waals surface area contributed by atoms with Gasteiger partial charge in [-0.15, -0.1) is 46.2 Å². The number of thioether (sulfide) groups is 2. The summed E-state index contributed by atoms with van der Waals surface area (Å²) in [7, 11) is 0. The highest BCUT2D eigenvalue weighted by atomic mass is 32.2. The molecule has 180 valence electrons. The van der Waals surface area contributed by atoms with Crippen LogP contribution in [0.2, 0.25) is 0 Å². The lowest BCUT2D eigenvalue weighted by molar-refractivity contribution is -0.150. The number of amides is 2. The van der Waals surface area contributed by atoms with Crippen molar-refractivity contribution < 1.29 is 24.7 Å². The molecule has 12 nitrogen and oxygen atoms in total. The van der Waals surface area contributed by atoms with Gasteiger partial charge in [0.1, 0.15) is 22.8 Å². The van der Waals surface area contributed by atoms with Crippen LogP contribution in [-0.2, 0) is 20.8 Å². The molecule has 2 amide bonds. The number of hydrogen-bond acceptors (Lipinski definition) is 13. The van der Waals surface area contributed by atoms with E-state index in [0.29, 0.717) is 28.0 Å². The third kappa shape index (κ3) is 4.57. The molecule has 2 aromatic rings. The second-order valence-corrected chi connectivity index (χ2v) is 11.5. The number of anilines is 2. The van der Waals surface area contributed by atoms with Gasteiger partial charge in [0.05, 0.1) is 5.69 Å².